The summed E-state index contributed by atoms with van der Waals surface area (Å²) < 4.78 is 7.40. The maximum absolute atomic E-state index is 11.7. The molecule has 0 spiro atoms. The number of pyridine rings is 1. The van der Waals surface area contributed by atoms with Gasteiger partial charge < -0.3 is 4.74 Å². The highest BCUT2D eigenvalue weighted by atomic mass is 16.5. The molecule has 0 amide bonds. The molecular formula is C16H20NO2+. The molecule has 1 aromatic carbocycles. The Kier molecular flexibility index (Phi) is 4.50. The number of nitrogens with zero attached hydrogens (tertiary/aromatic N) is 1. The van der Waals surface area contributed by atoms with E-state index in [4.69, 9.17) is 4.74 Å². The molecule has 2 rings (SSSR count). The van der Waals surface area contributed by atoms with E-state index in [0.29, 0.717) is 12.2 Å². The summed E-state index contributed by atoms with van der Waals surface area (Å²) >= 11 is 0. The van der Waals surface area contributed by atoms with E-state index in [-0.39, 0.29) is 5.97 Å². The molecule has 2 aromatic rings. The molecule has 0 saturated heterocycles. The van der Waals surface area contributed by atoms with Crippen molar-refractivity contribution in [2.75, 3.05) is 0 Å². The minimum Gasteiger partial charge on any atom is -0.426 e. The predicted molar refractivity (Wildman–Crippen MR) is 74.9 cm³/mol. The first-order valence-corrected chi connectivity index (χ1v) is 6.80. The van der Waals surface area contributed by atoms with Crippen LogP contribution >= 0.6 is 0 Å². The van der Waals surface area contributed by atoms with Gasteiger partial charge in [-0.15, -0.1) is 0 Å². The van der Waals surface area contributed by atoms with Crippen molar-refractivity contribution in [2.24, 2.45) is 7.05 Å². The molecule has 3 nitrogen and oxygen atoms in total. The summed E-state index contributed by atoms with van der Waals surface area (Å²) in [6.07, 6.45) is 5.58. The Bertz CT molecular complexity index is 578. The van der Waals surface area contributed by atoms with Gasteiger partial charge in [0, 0.05) is 18.6 Å². The summed E-state index contributed by atoms with van der Waals surface area (Å²) in [5.74, 6) is 0.480. The average molecular weight is 258 g/mol. The lowest BCUT2D eigenvalue weighted by atomic mass is 10.2. The Labute approximate surface area is 113 Å². The van der Waals surface area contributed by atoms with Crippen LogP contribution in [0.15, 0.2) is 36.5 Å². The highest BCUT2D eigenvalue weighted by Gasteiger charge is 2.08. The fourth-order valence-corrected chi connectivity index (χ4v) is 2.11. The molecule has 3 heteroatoms. The quantitative estimate of drug-likeness (QED) is 0.357. The molecule has 0 bridgehead atoms. The normalized spacial score (nSPS) is 10.6. The van der Waals surface area contributed by atoms with Gasteiger partial charge >= 0.3 is 5.97 Å². The first-order valence-electron chi connectivity index (χ1n) is 6.80. The second-order valence-corrected chi connectivity index (χ2v) is 4.77. The van der Waals surface area contributed by atoms with E-state index in [1.807, 2.05) is 48.1 Å². The number of hydrogen-bond acceptors (Lipinski definition) is 2. The van der Waals surface area contributed by atoms with Crippen LogP contribution in [0.1, 0.15) is 32.6 Å². The molecule has 100 valence electrons. The van der Waals surface area contributed by atoms with Crippen LogP contribution in [0.25, 0.3) is 10.9 Å². The topological polar surface area (TPSA) is 30.2 Å². The standard InChI is InChI=1S/C16H20NO2/c1-3-4-5-8-16(18)19-14-9-10-15-13(12-14)7-6-11-17(15)2/h6-7,9-12H,3-5,8H2,1-2H3/q+1. The Morgan fingerprint density at radius 2 is 2.11 bits per heavy atom. The highest BCUT2D eigenvalue weighted by molar-refractivity contribution is 5.79. The van der Waals surface area contributed by atoms with E-state index < -0.39 is 0 Å². The minimum absolute atomic E-state index is 0.145. The molecule has 0 aliphatic carbocycles. The number of esters is 1. The molecule has 19 heavy (non-hydrogen) atoms. The first-order chi connectivity index (χ1) is 9.20. The number of carbonyl (C=O) groups is 1. The van der Waals surface area contributed by atoms with Gasteiger partial charge in [-0.25, -0.2) is 4.57 Å². The third kappa shape index (κ3) is 3.53. The maximum atomic E-state index is 11.7. The van der Waals surface area contributed by atoms with Crippen LogP contribution in [0.3, 0.4) is 0 Å². The van der Waals surface area contributed by atoms with Gasteiger partial charge in [0.05, 0.1) is 5.39 Å². The van der Waals surface area contributed by atoms with Gasteiger partial charge in [0.15, 0.2) is 6.20 Å². The van der Waals surface area contributed by atoms with E-state index >= 15 is 0 Å². The number of benzene rings is 1. The van der Waals surface area contributed by atoms with E-state index in [2.05, 4.69) is 6.92 Å². The van der Waals surface area contributed by atoms with Crippen molar-refractivity contribution in [3.05, 3.63) is 36.5 Å². The van der Waals surface area contributed by atoms with Crippen molar-refractivity contribution in [1.82, 2.24) is 0 Å². The van der Waals surface area contributed by atoms with E-state index in [0.717, 1.165) is 30.2 Å². The molecule has 0 aliphatic rings. The highest BCUT2D eigenvalue weighted by Crippen LogP contribution is 2.18. The largest absolute Gasteiger partial charge is 0.426 e. The summed E-state index contributed by atoms with van der Waals surface area (Å²) in [4.78, 5) is 11.7. The summed E-state index contributed by atoms with van der Waals surface area (Å²) in [6, 6.07) is 9.73. The van der Waals surface area contributed by atoms with Crippen molar-refractivity contribution in [2.45, 2.75) is 32.6 Å². The van der Waals surface area contributed by atoms with Gasteiger partial charge in [-0.05, 0) is 24.6 Å². The zero-order chi connectivity index (χ0) is 13.7. The summed E-state index contributed by atoms with van der Waals surface area (Å²) in [6.45, 7) is 2.12. The Morgan fingerprint density at radius 1 is 1.26 bits per heavy atom. The lowest BCUT2D eigenvalue weighted by Gasteiger charge is -2.04. The molecule has 0 unspecified atom stereocenters. The van der Waals surface area contributed by atoms with E-state index in [9.17, 15) is 4.79 Å². The number of carbonyl (C=O) groups excluding carboxylic acids is 1. The molecule has 0 saturated carbocycles. The van der Waals surface area contributed by atoms with E-state index in [1.54, 1.807) is 0 Å². The second-order valence-electron chi connectivity index (χ2n) is 4.77. The molecular weight excluding hydrogens is 238 g/mol. The molecule has 1 heterocycles. The zero-order valence-corrected chi connectivity index (χ0v) is 11.6. The number of hydrogen-bond donors (Lipinski definition) is 0. The van der Waals surface area contributed by atoms with Crippen LogP contribution in [0.4, 0.5) is 0 Å². The Balaban J connectivity index is 2.07. The predicted octanol–water partition coefficient (Wildman–Crippen LogP) is 3.15. The fraction of sp³-hybridized carbons (Fsp3) is 0.375. The van der Waals surface area contributed by atoms with Crippen LogP contribution in [0, 0.1) is 0 Å². The van der Waals surface area contributed by atoms with Gasteiger partial charge in [0.2, 0.25) is 5.52 Å². The molecule has 0 aliphatic heterocycles. The van der Waals surface area contributed by atoms with Crippen LogP contribution in [-0.2, 0) is 11.8 Å². The summed E-state index contributed by atoms with van der Waals surface area (Å²) in [5.41, 5.74) is 1.12. The molecule has 1 aromatic heterocycles. The number of ether oxygens (including phenoxy) is 1. The van der Waals surface area contributed by atoms with Gasteiger partial charge in [0.25, 0.3) is 0 Å². The van der Waals surface area contributed by atoms with Gasteiger partial charge in [-0.2, -0.15) is 0 Å². The Morgan fingerprint density at radius 3 is 2.89 bits per heavy atom. The van der Waals surface area contributed by atoms with Crippen LogP contribution in [0.2, 0.25) is 0 Å². The van der Waals surface area contributed by atoms with Crippen LogP contribution < -0.4 is 9.30 Å². The van der Waals surface area contributed by atoms with Crippen LogP contribution in [0.5, 0.6) is 5.75 Å². The Hall–Kier alpha value is -1.90. The van der Waals surface area contributed by atoms with Gasteiger partial charge in [0.1, 0.15) is 12.8 Å². The van der Waals surface area contributed by atoms with Gasteiger partial charge in [-0.3, -0.25) is 4.79 Å². The lowest BCUT2D eigenvalue weighted by Crippen LogP contribution is -2.27. The molecule has 0 radical (unpaired) electrons. The third-order valence-electron chi connectivity index (χ3n) is 3.18. The van der Waals surface area contributed by atoms with Crippen molar-refractivity contribution < 1.29 is 14.1 Å². The van der Waals surface area contributed by atoms with E-state index in [1.165, 1.54) is 0 Å². The third-order valence-corrected chi connectivity index (χ3v) is 3.18. The maximum Gasteiger partial charge on any atom is 0.311 e. The van der Waals surface area contributed by atoms with Crippen molar-refractivity contribution in [3.63, 3.8) is 0 Å². The minimum atomic E-state index is -0.145. The fourth-order valence-electron chi connectivity index (χ4n) is 2.11. The first kappa shape index (κ1) is 13.5. The lowest BCUT2D eigenvalue weighted by molar-refractivity contribution is -0.644. The number of unbranched alkanes of at least 4 members (excludes halogenated alkanes) is 2. The monoisotopic (exact) mass is 258 g/mol. The smallest absolute Gasteiger partial charge is 0.311 e. The van der Waals surface area contributed by atoms with Gasteiger partial charge in [-0.1, -0.05) is 19.8 Å². The number of aryl methyl sites for hydroxylation is 1. The second kappa shape index (κ2) is 6.32. The number of fused-ring (bicyclic) bond motifs is 1. The van der Waals surface area contributed by atoms with Crippen molar-refractivity contribution >= 4 is 16.9 Å². The summed E-state index contributed by atoms with van der Waals surface area (Å²) in [7, 11) is 2.00. The SMILES string of the molecule is CCCCCC(=O)Oc1ccc2c(ccc[n+]2C)c1. The molecule has 0 N–H and O–H groups in total. The zero-order valence-electron chi connectivity index (χ0n) is 11.6. The average Bonchev–Trinajstić information content (AvgIpc) is 2.39. The van der Waals surface area contributed by atoms with Crippen LogP contribution in [-0.4, -0.2) is 5.97 Å². The number of aromatic nitrogens is 1. The summed E-state index contributed by atoms with van der Waals surface area (Å²) in [5, 5.41) is 1.07. The molecule has 0 fully saturated rings. The van der Waals surface area contributed by atoms with Crippen molar-refractivity contribution in [3.8, 4) is 5.75 Å². The molecule has 0 atom stereocenters. The van der Waals surface area contributed by atoms with Crippen molar-refractivity contribution in [1.29, 1.82) is 0 Å². The number of rotatable bonds is 5.